The summed E-state index contributed by atoms with van der Waals surface area (Å²) in [6.07, 6.45) is 4.00. The highest BCUT2D eigenvalue weighted by Crippen LogP contribution is 2.23. The average Bonchev–Trinajstić information content (AvgIpc) is 3.17. The lowest BCUT2D eigenvalue weighted by Gasteiger charge is -2.26. The summed E-state index contributed by atoms with van der Waals surface area (Å²) in [7, 11) is 0. The standard InChI is InChI=1S/C20H21N5O2.C2HF3O2/c21-10-15-6-7-19(22-11-15)27-18-13-24(12-17-8-9-23-25(17)14-18)20(26)16-4-2-1-3-5-16;3-2(4,5)1(6)7/h4,6-9,11,18H,1-3,5,12-14H2;(H,6,7). The Morgan fingerprint density at radius 2 is 1.97 bits per heavy atom. The molecule has 2 aromatic rings. The van der Waals surface area contributed by atoms with Crippen LogP contribution in [-0.2, 0) is 22.7 Å². The van der Waals surface area contributed by atoms with Crippen LogP contribution in [0.5, 0.6) is 5.88 Å². The number of carboxylic acids is 1. The molecule has 0 saturated carbocycles. The zero-order valence-corrected chi connectivity index (χ0v) is 18.0. The van der Waals surface area contributed by atoms with E-state index in [1.54, 1.807) is 18.3 Å². The molecular formula is C22H22F3N5O4. The van der Waals surface area contributed by atoms with Crippen molar-refractivity contribution in [2.45, 2.75) is 51.1 Å². The van der Waals surface area contributed by atoms with Crippen molar-refractivity contribution in [2.75, 3.05) is 6.54 Å². The van der Waals surface area contributed by atoms with Gasteiger partial charge in [0, 0.05) is 24.0 Å². The van der Waals surface area contributed by atoms with E-state index in [9.17, 15) is 18.0 Å². The molecule has 0 aromatic carbocycles. The van der Waals surface area contributed by atoms with Gasteiger partial charge >= 0.3 is 12.1 Å². The highest BCUT2D eigenvalue weighted by molar-refractivity contribution is 5.93. The molecule has 4 rings (SSSR count). The first-order chi connectivity index (χ1) is 16.2. The van der Waals surface area contributed by atoms with E-state index in [1.807, 2.05) is 21.7 Å². The van der Waals surface area contributed by atoms with Gasteiger partial charge in [-0.2, -0.15) is 23.5 Å². The van der Waals surface area contributed by atoms with E-state index in [0.29, 0.717) is 31.1 Å². The minimum atomic E-state index is -5.08. The highest BCUT2D eigenvalue weighted by atomic mass is 19.4. The number of hydrogen-bond acceptors (Lipinski definition) is 6. The predicted molar refractivity (Wildman–Crippen MR) is 111 cm³/mol. The summed E-state index contributed by atoms with van der Waals surface area (Å²) in [5.74, 6) is -2.22. The Hall–Kier alpha value is -3.88. The summed E-state index contributed by atoms with van der Waals surface area (Å²) < 4.78 is 39.7. The van der Waals surface area contributed by atoms with E-state index >= 15 is 0 Å². The number of hydrogen-bond donors (Lipinski definition) is 1. The molecule has 9 nitrogen and oxygen atoms in total. The molecule has 1 aliphatic carbocycles. The van der Waals surface area contributed by atoms with Crippen molar-refractivity contribution in [1.82, 2.24) is 19.7 Å². The van der Waals surface area contributed by atoms with E-state index in [-0.39, 0.29) is 12.0 Å². The topological polar surface area (TPSA) is 121 Å². The molecule has 0 saturated heterocycles. The van der Waals surface area contributed by atoms with Gasteiger partial charge in [-0.1, -0.05) is 6.08 Å². The molecule has 0 radical (unpaired) electrons. The Labute approximate surface area is 193 Å². The molecule has 2 aliphatic rings. The quantitative estimate of drug-likeness (QED) is 0.721. The summed E-state index contributed by atoms with van der Waals surface area (Å²) in [6, 6.07) is 7.35. The van der Waals surface area contributed by atoms with Crippen molar-refractivity contribution >= 4 is 11.9 Å². The SMILES string of the molecule is N#Cc1ccc(OC2CN(C(=O)C3=CCCCC3)Cc3ccnn3C2)nc1.O=C(O)C(F)(F)F. The monoisotopic (exact) mass is 477 g/mol. The van der Waals surface area contributed by atoms with Crippen molar-refractivity contribution in [1.29, 1.82) is 5.26 Å². The van der Waals surface area contributed by atoms with Crippen LogP contribution >= 0.6 is 0 Å². The van der Waals surface area contributed by atoms with E-state index < -0.39 is 12.1 Å². The van der Waals surface area contributed by atoms with E-state index in [0.717, 1.165) is 37.0 Å². The number of amides is 1. The van der Waals surface area contributed by atoms with Crippen LogP contribution in [0.15, 0.2) is 42.2 Å². The van der Waals surface area contributed by atoms with Gasteiger partial charge < -0.3 is 14.7 Å². The number of ether oxygens (including phenoxy) is 1. The van der Waals surface area contributed by atoms with Crippen molar-refractivity contribution in [2.24, 2.45) is 0 Å². The maximum absolute atomic E-state index is 13.0. The number of carbonyl (C=O) groups excluding carboxylic acids is 1. The minimum Gasteiger partial charge on any atom is -0.475 e. The maximum atomic E-state index is 13.0. The number of carbonyl (C=O) groups is 2. The van der Waals surface area contributed by atoms with E-state index in [2.05, 4.69) is 16.2 Å². The lowest BCUT2D eigenvalue weighted by atomic mass is 9.98. The number of nitriles is 1. The van der Waals surface area contributed by atoms with Gasteiger partial charge in [0.25, 0.3) is 0 Å². The van der Waals surface area contributed by atoms with Crippen LogP contribution in [-0.4, -0.2) is 55.5 Å². The number of aliphatic carboxylic acids is 1. The summed E-state index contributed by atoms with van der Waals surface area (Å²) in [6.45, 7) is 1.55. The van der Waals surface area contributed by atoms with Crippen LogP contribution in [0.4, 0.5) is 13.2 Å². The number of pyridine rings is 1. The second-order valence-corrected chi connectivity index (χ2v) is 7.71. The molecule has 1 unspecified atom stereocenters. The largest absolute Gasteiger partial charge is 0.490 e. The predicted octanol–water partition coefficient (Wildman–Crippen LogP) is 3.07. The minimum absolute atomic E-state index is 0.0886. The van der Waals surface area contributed by atoms with Crippen molar-refractivity contribution in [3.8, 4) is 11.9 Å². The Balaban J connectivity index is 0.000000406. The number of aromatic nitrogens is 3. The molecule has 12 heteroatoms. The smallest absolute Gasteiger partial charge is 0.475 e. The normalized spacial score (nSPS) is 17.8. The molecule has 1 N–H and O–H groups in total. The lowest BCUT2D eigenvalue weighted by molar-refractivity contribution is -0.192. The van der Waals surface area contributed by atoms with Crippen molar-refractivity contribution in [3.05, 3.63) is 53.5 Å². The fourth-order valence-corrected chi connectivity index (χ4v) is 3.57. The molecule has 1 amide bonds. The second kappa shape index (κ2) is 10.8. The third-order valence-corrected chi connectivity index (χ3v) is 5.21. The Morgan fingerprint density at radius 3 is 2.56 bits per heavy atom. The Kier molecular flexibility index (Phi) is 7.88. The van der Waals surface area contributed by atoms with Gasteiger partial charge in [-0.15, -0.1) is 0 Å². The van der Waals surface area contributed by atoms with Crippen LogP contribution in [0.1, 0.15) is 36.9 Å². The van der Waals surface area contributed by atoms with Gasteiger partial charge in [-0.3, -0.25) is 9.48 Å². The van der Waals surface area contributed by atoms with Crippen LogP contribution in [0.2, 0.25) is 0 Å². The highest BCUT2D eigenvalue weighted by Gasteiger charge is 2.38. The molecule has 0 fully saturated rings. The van der Waals surface area contributed by atoms with Crippen LogP contribution < -0.4 is 4.74 Å². The zero-order valence-electron chi connectivity index (χ0n) is 18.0. The summed E-state index contributed by atoms with van der Waals surface area (Å²) in [5.41, 5.74) is 2.39. The maximum Gasteiger partial charge on any atom is 0.490 e. The lowest BCUT2D eigenvalue weighted by Crippen LogP contribution is -2.39. The zero-order chi connectivity index (χ0) is 24.7. The molecule has 1 atom stereocenters. The fourth-order valence-electron chi connectivity index (χ4n) is 3.57. The van der Waals surface area contributed by atoms with Crippen molar-refractivity contribution < 1.29 is 32.6 Å². The van der Waals surface area contributed by atoms with Crippen LogP contribution in [0, 0.1) is 11.3 Å². The number of halogens is 3. The van der Waals surface area contributed by atoms with Gasteiger partial charge in [0.15, 0.2) is 0 Å². The van der Waals surface area contributed by atoms with Gasteiger partial charge in [-0.25, -0.2) is 9.78 Å². The molecule has 34 heavy (non-hydrogen) atoms. The number of rotatable bonds is 3. The van der Waals surface area contributed by atoms with E-state index in [4.69, 9.17) is 19.9 Å². The van der Waals surface area contributed by atoms with Crippen molar-refractivity contribution in [3.63, 3.8) is 0 Å². The van der Waals surface area contributed by atoms with E-state index in [1.165, 1.54) is 6.20 Å². The van der Waals surface area contributed by atoms with Gasteiger partial charge in [-0.05, 0) is 37.8 Å². The number of fused-ring (bicyclic) bond motifs is 1. The van der Waals surface area contributed by atoms with Gasteiger partial charge in [0.05, 0.1) is 30.9 Å². The van der Waals surface area contributed by atoms with Crippen LogP contribution in [0.25, 0.3) is 0 Å². The summed E-state index contributed by atoms with van der Waals surface area (Å²) >= 11 is 0. The third kappa shape index (κ3) is 6.57. The molecule has 2 aromatic heterocycles. The Bertz CT molecular complexity index is 1090. The summed E-state index contributed by atoms with van der Waals surface area (Å²) in [5, 5.41) is 20.4. The average molecular weight is 477 g/mol. The first-order valence-electron chi connectivity index (χ1n) is 10.5. The number of allylic oxidation sites excluding steroid dienone is 1. The molecule has 1 aliphatic heterocycles. The first kappa shape index (κ1) is 24.8. The Morgan fingerprint density at radius 1 is 1.21 bits per heavy atom. The number of alkyl halides is 3. The number of carboxylic acid groups (broad SMARTS) is 1. The molecule has 180 valence electrons. The molecule has 0 spiro atoms. The molecular weight excluding hydrogens is 455 g/mol. The third-order valence-electron chi connectivity index (χ3n) is 5.21. The summed E-state index contributed by atoms with van der Waals surface area (Å²) in [4.78, 5) is 28.0. The fraction of sp³-hybridized carbons (Fsp3) is 0.409. The number of nitrogens with zero attached hydrogens (tertiary/aromatic N) is 5. The molecule has 3 heterocycles. The first-order valence-corrected chi connectivity index (χ1v) is 10.5. The molecule has 0 bridgehead atoms. The second-order valence-electron chi connectivity index (χ2n) is 7.71. The van der Waals surface area contributed by atoms with Gasteiger partial charge in [0.2, 0.25) is 11.8 Å². The van der Waals surface area contributed by atoms with Crippen LogP contribution in [0.3, 0.4) is 0 Å². The van der Waals surface area contributed by atoms with Gasteiger partial charge in [0.1, 0.15) is 12.2 Å².